The van der Waals surface area contributed by atoms with Crippen molar-refractivity contribution in [3.05, 3.63) is 52.8 Å². The molecular formula is C16H14ClF3N6O. The second-order valence-electron chi connectivity index (χ2n) is 5.22. The maximum Gasteiger partial charge on any atom is 0.416 e. The van der Waals surface area contributed by atoms with Gasteiger partial charge in [0.05, 0.1) is 17.9 Å². The lowest BCUT2D eigenvalue weighted by molar-refractivity contribution is -0.137. The van der Waals surface area contributed by atoms with Crippen LogP contribution in [0.2, 0.25) is 5.02 Å². The lowest BCUT2D eigenvalue weighted by Gasteiger charge is -2.15. The van der Waals surface area contributed by atoms with Crippen LogP contribution in [0.1, 0.15) is 22.8 Å². The van der Waals surface area contributed by atoms with Gasteiger partial charge in [-0.25, -0.2) is 15.0 Å². The SMILES string of the molecule is C[C@H](NC(=O)c1cc(Cl)cc(C(F)(F)F)c1)C(N=CN)=Nc1ncccn1. The highest BCUT2D eigenvalue weighted by Gasteiger charge is 2.32. The van der Waals surface area contributed by atoms with E-state index in [9.17, 15) is 18.0 Å². The van der Waals surface area contributed by atoms with Crippen molar-refractivity contribution in [1.29, 1.82) is 0 Å². The van der Waals surface area contributed by atoms with Gasteiger partial charge < -0.3 is 11.1 Å². The summed E-state index contributed by atoms with van der Waals surface area (Å²) in [4.78, 5) is 28.1. The Morgan fingerprint density at radius 3 is 2.56 bits per heavy atom. The number of hydrogen-bond donors (Lipinski definition) is 2. The number of aliphatic imine (C=N–C) groups is 2. The van der Waals surface area contributed by atoms with E-state index >= 15 is 0 Å². The van der Waals surface area contributed by atoms with E-state index in [-0.39, 0.29) is 22.4 Å². The Hall–Kier alpha value is -3.01. The number of nitrogens with two attached hydrogens (primary N) is 1. The molecule has 0 aliphatic rings. The molecule has 3 N–H and O–H groups in total. The molecule has 0 saturated heterocycles. The smallest absolute Gasteiger partial charge is 0.390 e. The zero-order valence-electron chi connectivity index (χ0n) is 13.9. The number of benzene rings is 1. The van der Waals surface area contributed by atoms with Crippen LogP contribution in [0.15, 0.2) is 46.6 Å². The van der Waals surface area contributed by atoms with Crippen LogP contribution in [0.5, 0.6) is 0 Å². The van der Waals surface area contributed by atoms with Crippen molar-refractivity contribution in [1.82, 2.24) is 15.3 Å². The molecule has 0 unspecified atom stereocenters. The van der Waals surface area contributed by atoms with Gasteiger partial charge in [-0.2, -0.15) is 18.2 Å². The van der Waals surface area contributed by atoms with Crippen molar-refractivity contribution in [3.8, 4) is 0 Å². The molecule has 1 aromatic heterocycles. The first-order valence-corrected chi connectivity index (χ1v) is 7.87. The zero-order chi connectivity index (χ0) is 20.0. The van der Waals surface area contributed by atoms with Gasteiger partial charge in [0.15, 0.2) is 5.84 Å². The van der Waals surface area contributed by atoms with Crippen LogP contribution >= 0.6 is 11.6 Å². The van der Waals surface area contributed by atoms with Crippen molar-refractivity contribution in [2.45, 2.75) is 19.1 Å². The van der Waals surface area contributed by atoms with Crippen molar-refractivity contribution < 1.29 is 18.0 Å². The number of amides is 1. The first-order chi connectivity index (χ1) is 12.7. The van der Waals surface area contributed by atoms with Crippen LogP contribution in [0, 0.1) is 0 Å². The number of alkyl halides is 3. The lowest BCUT2D eigenvalue weighted by atomic mass is 10.1. The highest BCUT2D eigenvalue weighted by Crippen LogP contribution is 2.31. The summed E-state index contributed by atoms with van der Waals surface area (Å²) < 4.78 is 38.7. The molecule has 0 aliphatic carbocycles. The normalized spacial score (nSPS) is 13.6. The van der Waals surface area contributed by atoms with E-state index in [4.69, 9.17) is 17.3 Å². The Kier molecular flexibility index (Phi) is 6.45. The van der Waals surface area contributed by atoms with Crippen molar-refractivity contribution in [2.75, 3.05) is 0 Å². The quantitative estimate of drug-likeness (QED) is 0.610. The summed E-state index contributed by atoms with van der Waals surface area (Å²) in [5.41, 5.74) is 4.00. The Bertz CT molecular complexity index is 870. The van der Waals surface area contributed by atoms with E-state index in [2.05, 4.69) is 25.3 Å². The molecule has 2 rings (SSSR count). The second-order valence-corrected chi connectivity index (χ2v) is 5.65. The predicted octanol–water partition coefficient (Wildman–Crippen LogP) is 2.98. The number of nitrogens with one attached hydrogen (secondary N) is 1. The third-order valence-electron chi connectivity index (χ3n) is 3.20. The second kappa shape index (κ2) is 8.58. The van der Waals surface area contributed by atoms with E-state index in [1.807, 2.05) is 0 Å². The van der Waals surface area contributed by atoms with Gasteiger partial charge in [-0.3, -0.25) is 4.79 Å². The molecule has 1 heterocycles. The summed E-state index contributed by atoms with van der Waals surface area (Å²) in [5, 5.41) is 2.27. The number of hydrogen-bond acceptors (Lipinski definition) is 4. The summed E-state index contributed by atoms with van der Waals surface area (Å²) in [6.45, 7) is 1.53. The minimum atomic E-state index is -4.63. The van der Waals surface area contributed by atoms with Crippen molar-refractivity contribution >= 4 is 35.6 Å². The fraction of sp³-hybridized carbons (Fsp3) is 0.188. The molecule has 0 radical (unpaired) electrons. The van der Waals surface area contributed by atoms with Crippen LogP contribution in [0.25, 0.3) is 0 Å². The minimum absolute atomic E-state index is 0.0649. The summed E-state index contributed by atoms with van der Waals surface area (Å²) in [6, 6.07) is 3.36. The summed E-state index contributed by atoms with van der Waals surface area (Å²) in [7, 11) is 0. The average molecular weight is 399 g/mol. The molecule has 11 heteroatoms. The van der Waals surface area contributed by atoms with Gasteiger partial charge in [0, 0.05) is 23.0 Å². The maximum absolute atomic E-state index is 12.9. The lowest BCUT2D eigenvalue weighted by Crippen LogP contribution is -2.38. The van der Waals surface area contributed by atoms with Crippen molar-refractivity contribution in [3.63, 3.8) is 0 Å². The predicted molar refractivity (Wildman–Crippen MR) is 95.2 cm³/mol. The van der Waals surface area contributed by atoms with Gasteiger partial charge in [0.25, 0.3) is 11.9 Å². The standard InChI is InChI=1S/C16H14ClF3N6O/c1-9(13(24-8-21)26-15-22-3-2-4-23-15)25-14(27)10-5-11(16(18,19)20)7-12(17)6-10/h2-9H,1H3,(H,25,27)(H2,21,22,23,24,26)/t9-/m0/s1. The van der Waals surface area contributed by atoms with Crippen LogP contribution in [0.3, 0.4) is 0 Å². The van der Waals surface area contributed by atoms with Crippen LogP contribution in [-0.2, 0) is 6.18 Å². The first kappa shape index (κ1) is 20.3. The van der Waals surface area contributed by atoms with Gasteiger partial charge >= 0.3 is 6.18 Å². The van der Waals surface area contributed by atoms with Gasteiger partial charge in [-0.1, -0.05) is 11.6 Å². The fourth-order valence-electron chi connectivity index (χ4n) is 1.99. The van der Waals surface area contributed by atoms with Gasteiger partial charge in [-0.15, -0.1) is 0 Å². The topological polar surface area (TPSA) is 106 Å². The van der Waals surface area contributed by atoms with E-state index in [1.54, 1.807) is 6.07 Å². The molecule has 1 aromatic carbocycles. The van der Waals surface area contributed by atoms with Crippen LogP contribution in [0.4, 0.5) is 19.1 Å². The number of aromatic nitrogens is 2. The van der Waals surface area contributed by atoms with E-state index in [0.717, 1.165) is 18.5 Å². The van der Waals surface area contributed by atoms with Crippen molar-refractivity contribution in [2.24, 2.45) is 15.7 Å². The van der Waals surface area contributed by atoms with E-state index in [0.29, 0.717) is 6.07 Å². The van der Waals surface area contributed by atoms with Gasteiger partial charge in [0.2, 0.25) is 0 Å². The van der Waals surface area contributed by atoms with E-state index < -0.39 is 23.7 Å². The molecule has 0 bridgehead atoms. The Morgan fingerprint density at radius 1 is 1.30 bits per heavy atom. The first-order valence-electron chi connectivity index (χ1n) is 7.49. The highest BCUT2D eigenvalue weighted by molar-refractivity contribution is 6.31. The minimum Gasteiger partial charge on any atom is -0.390 e. The Morgan fingerprint density at radius 2 is 1.96 bits per heavy atom. The summed E-state index contributed by atoms with van der Waals surface area (Å²) >= 11 is 5.70. The molecule has 2 aromatic rings. The molecule has 142 valence electrons. The molecule has 1 amide bonds. The summed E-state index contributed by atoms with van der Waals surface area (Å²) in [5.74, 6) is -0.638. The Balaban J connectivity index is 2.25. The average Bonchev–Trinajstić information content (AvgIpc) is 2.61. The molecule has 0 saturated carbocycles. The third-order valence-corrected chi connectivity index (χ3v) is 3.41. The molecule has 1 atom stereocenters. The summed E-state index contributed by atoms with van der Waals surface area (Å²) in [6.07, 6.45) is -0.745. The molecule has 27 heavy (non-hydrogen) atoms. The maximum atomic E-state index is 12.9. The number of carbonyl (C=O) groups excluding carboxylic acids is 1. The van der Waals surface area contributed by atoms with E-state index in [1.165, 1.54) is 19.3 Å². The fourth-order valence-corrected chi connectivity index (χ4v) is 2.23. The number of nitrogens with zero attached hydrogens (tertiary/aromatic N) is 4. The molecule has 0 fully saturated rings. The third kappa shape index (κ3) is 5.74. The van der Waals surface area contributed by atoms with Crippen LogP contribution < -0.4 is 11.1 Å². The highest BCUT2D eigenvalue weighted by atomic mass is 35.5. The molecule has 0 spiro atoms. The molecular weight excluding hydrogens is 385 g/mol. The largest absolute Gasteiger partial charge is 0.416 e. The molecule has 0 aliphatic heterocycles. The van der Waals surface area contributed by atoms with Crippen LogP contribution in [-0.4, -0.2) is 34.1 Å². The number of rotatable bonds is 4. The number of halogens is 4. The monoisotopic (exact) mass is 398 g/mol. The molecule has 7 nitrogen and oxygen atoms in total. The number of carbonyl (C=O) groups is 1. The zero-order valence-corrected chi connectivity index (χ0v) is 14.7. The Labute approximate surface area is 157 Å². The van der Waals surface area contributed by atoms with Gasteiger partial charge in [-0.05, 0) is 31.2 Å². The number of amidine groups is 1. The van der Waals surface area contributed by atoms with Gasteiger partial charge in [0.1, 0.15) is 0 Å².